The van der Waals surface area contributed by atoms with E-state index in [-0.39, 0.29) is 5.56 Å². The third-order valence-electron chi connectivity index (χ3n) is 2.73. The van der Waals surface area contributed by atoms with Gasteiger partial charge in [0, 0.05) is 18.0 Å². The molecule has 0 aliphatic rings. The molecule has 0 saturated carbocycles. The number of fused-ring (bicyclic) bond motifs is 1. The van der Waals surface area contributed by atoms with Gasteiger partial charge in [-0.25, -0.2) is 4.79 Å². The molecular formula is C13H9N3O2. The highest BCUT2D eigenvalue weighted by Crippen LogP contribution is 2.20. The summed E-state index contributed by atoms with van der Waals surface area (Å²) in [5.74, 6) is 0. The smallest absolute Gasteiger partial charge is 0.307 e. The van der Waals surface area contributed by atoms with E-state index >= 15 is 0 Å². The minimum Gasteiger partial charge on any atom is -0.307 e. The molecule has 0 amide bonds. The molecule has 0 bridgehead atoms. The van der Waals surface area contributed by atoms with Crippen LogP contribution in [0.15, 0.2) is 52.3 Å². The fourth-order valence-electron chi connectivity index (χ4n) is 1.88. The number of nitrogens with one attached hydrogen (secondary N) is 2. The number of hydrogen-bond donors (Lipinski definition) is 2. The summed E-state index contributed by atoms with van der Waals surface area (Å²) in [5, 5.41) is 0.460. The minimum absolute atomic E-state index is 0.383. The number of aromatic nitrogens is 3. The summed E-state index contributed by atoms with van der Waals surface area (Å²) in [4.78, 5) is 31.6. The zero-order valence-electron chi connectivity index (χ0n) is 9.31. The number of hydrogen-bond acceptors (Lipinski definition) is 3. The Labute approximate surface area is 101 Å². The van der Waals surface area contributed by atoms with Crippen LogP contribution < -0.4 is 11.2 Å². The van der Waals surface area contributed by atoms with Crippen molar-refractivity contribution in [2.75, 3.05) is 0 Å². The summed E-state index contributed by atoms with van der Waals surface area (Å²) in [6.45, 7) is 0. The van der Waals surface area contributed by atoms with Crippen LogP contribution in [0.25, 0.3) is 22.0 Å². The molecule has 18 heavy (non-hydrogen) atoms. The lowest BCUT2D eigenvalue weighted by Gasteiger charge is -2.02. The Morgan fingerprint density at radius 2 is 1.89 bits per heavy atom. The van der Waals surface area contributed by atoms with Gasteiger partial charge in [0.05, 0.1) is 10.9 Å². The van der Waals surface area contributed by atoms with E-state index in [2.05, 4.69) is 15.0 Å². The molecule has 0 spiro atoms. The van der Waals surface area contributed by atoms with Crippen molar-refractivity contribution in [3.63, 3.8) is 0 Å². The Morgan fingerprint density at radius 3 is 2.67 bits per heavy atom. The molecule has 0 aliphatic heterocycles. The number of pyridine rings is 1. The molecule has 5 nitrogen and oxygen atoms in total. The van der Waals surface area contributed by atoms with Crippen molar-refractivity contribution in [2.45, 2.75) is 0 Å². The molecule has 3 rings (SSSR count). The van der Waals surface area contributed by atoms with Gasteiger partial charge in [0.2, 0.25) is 0 Å². The van der Waals surface area contributed by atoms with E-state index in [9.17, 15) is 9.59 Å². The lowest BCUT2D eigenvalue weighted by molar-refractivity contribution is 1.08. The molecule has 0 unspecified atom stereocenters. The number of H-pyrrole nitrogens is 2. The quantitative estimate of drug-likeness (QED) is 0.671. The highest BCUT2D eigenvalue weighted by atomic mass is 16.2. The summed E-state index contributed by atoms with van der Waals surface area (Å²) in [7, 11) is 0. The van der Waals surface area contributed by atoms with E-state index in [0.717, 1.165) is 11.1 Å². The van der Waals surface area contributed by atoms with Gasteiger partial charge in [0.15, 0.2) is 0 Å². The first-order chi connectivity index (χ1) is 8.74. The molecule has 88 valence electrons. The molecule has 0 fully saturated rings. The molecule has 2 aromatic heterocycles. The molecule has 1 aromatic carbocycles. The van der Waals surface area contributed by atoms with Crippen LogP contribution in [0, 0.1) is 0 Å². The van der Waals surface area contributed by atoms with E-state index in [0.29, 0.717) is 10.9 Å². The third-order valence-corrected chi connectivity index (χ3v) is 2.73. The van der Waals surface area contributed by atoms with Gasteiger partial charge in [0.1, 0.15) is 0 Å². The van der Waals surface area contributed by atoms with Crippen LogP contribution in [-0.2, 0) is 0 Å². The molecule has 2 N–H and O–H groups in total. The number of benzene rings is 1. The van der Waals surface area contributed by atoms with E-state index in [4.69, 9.17) is 0 Å². The van der Waals surface area contributed by atoms with Crippen molar-refractivity contribution in [3.05, 3.63) is 63.6 Å². The number of rotatable bonds is 1. The average molecular weight is 239 g/mol. The van der Waals surface area contributed by atoms with Crippen LogP contribution in [0.3, 0.4) is 0 Å². The summed E-state index contributed by atoms with van der Waals surface area (Å²) < 4.78 is 0. The standard InChI is InChI=1S/C13H9N3O2/c17-12-10-4-3-8(9-2-1-5-14-7-9)6-11(10)15-13(18)16-12/h1-7H,(H2,15,16,17,18). The minimum atomic E-state index is -0.504. The Kier molecular flexibility index (Phi) is 2.30. The van der Waals surface area contributed by atoms with E-state index in [1.54, 1.807) is 24.5 Å². The zero-order chi connectivity index (χ0) is 12.5. The topological polar surface area (TPSA) is 78.6 Å². The highest BCUT2D eigenvalue weighted by Gasteiger charge is 2.03. The van der Waals surface area contributed by atoms with E-state index in [1.807, 2.05) is 18.2 Å². The maximum Gasteiger partial charge on any atom is 0.326 e. The maximum atomic E-state index is 11.6. The second-order valence-corrected chi connectivity index (χ2v) is 3.91. The third kappa shape index (κ3) is 1.71. The first-order valence-electron chi connectivity index (χ1n) is 5.41. The van der Waals surface area contributed by atoms with Crippen molar-refractivity contribution in [2.24, 2.45) is 0 Å². The van der Waals surface area contributed by atoms with Gasteiger partial charge >= 0.3 is 5.69 Å². The second-order valence-electron chi connectivity index (χ2n) is 3.91. The van der Waals surface area contributed by atoms with Gasteiger partial charge in [-0.15, -0.1) is 0 Å². The Bertz CT molecular complexity index is 819. The summed E-state index contributed by atoms with van der Waals surface area (Å²) in [5.41, 5.74) is 1.46. The number of aromatic amines is 2. The summed E-state index contributed by atoms with van der Waals surface area (Å²) >= 11 is 0. The SMILES string of the molecule is O=c1[nH]c(=O)c2ccc(-c3cccnc3)cc2[nH]1. The molecule has 0 radical (unpaired) electrons. The predicted octanol–water partition coefficient (Wildman–Crippen LogP) is 1.28. The maximum absolute atomic E-state index is 11.6. The molecular weight excluding hydrogens is 230 g/mol. The van der Waals surface area contributed by atoms with Crippen LogP contribution in [0.2, 0.25) is 0 Å². The first kappa shape index (κ1) is 10.5. The average Bonchev–Trinajstić information content (AvgIpc) is 2.39. The molecule has 2 heterocycles. The zero-order valence-corrected chi connectivity index (χ0v) is 9.31. The Morgan fingerprint density at radius 1 is 1.00 bits per heavy atom. The first-order valence-corrected chi connectivity index (χ1v) is 5.41. The molecule has 5 heteroatoms. The van der Waals surface area contributed by atoms with Gasteiger partial charge in [-0.1, -0.05) is 12.1 Å². The van der Waals surface area contributed by atoms with Crippen LogP contribution >= 0.6 is 0 Å². The van der Waals surface area contributed by atoms with Crippen molar-refractivity contribution in [1.82, 2.24) is 15.0 Å². The largest absolute Gasteiger partial charge is 0.326 e. The van der Waals surface area contributed by atoms with Crippen LogP contribution in [0.1, 0.15) is 0 Å². The monoisotopic (exact) mass is 239 g/mol. The molecule has 0 saturated heterocycles. The van der Waals surface area contributed by atoms with Gasteiger partial charge in [0.25, 0.3) is 5.56 Å². The Hall–Kier alpha value is -2.69. The van der Waals surface area contributed by atoms with Gasteiger partial charge in [-0.2, -0.15) is 0 Å². The van der Waals surface area contributed by atoms with Crippen molar-refractivity contribution < 1.29 is 0 Å². The van der Waals surface area contributed by atoms with Crippen molar-refractivity contribution in [3.8, 4) is 11.1 Å². The van der Waals surface area contributed by atoms with Crippen LogP contribution in [-0.4, -0.2) is 15.0 Å². The lowest BCUT2D eigenvalue weighted by Crippen LogP contribution is -2.21. The van der Waals surface area contributed by atoms with Gasteiger partial charge in [-0.05, 0) is 23.8 Å². The molecule has 0 aliphatic carbocycles. The summed E-state index contributed by atoms with van der Waals surface area (Å²) in [6, 6.07) is 9.03. The van der Waals surface area contributed by atoms with Crippen LogP contribution in [0.4, 0.5) is 0 Å². The summed E-state index contributed by atoms with van der Waals surface area (Å²) in [6.07, 6.45) is 3.42. The lowest BCUT2D eigenvalue weighted by atomic mass is 10.1. The molecule has 0 atom stereocenters. The van der Waals surface area contributed by atoms with Crippen molar-refractivity contribution >= 4 is 10.9 Å². The normalized spacial score (nSPS) is 10.7. The predicted molar refractivity (Wildman–Crippen MR) is 68.4 cm³/mol. The second kappa shape index (κ2) is 3.96. The fraction of sp³-hybridized carbons (Fsp3) is 0. The number of nitrogens with zero attached hydrogens (tertiary/aromatic N) is 1. The van der Waals surface area contributed by atoms with Crippen LogP contribution in [0.5, 0.6) is 0 Å². The Balaban J connectivity index is 2.29. The fourth-order valence-corrected chi connectivity index (χ4v) is 1.88. The molecule has 3 aromatic rings. The van der Waals surface area contributed by atoms with E-state index < -0.39 is 5.69 Å². The van der Waals surface area contributed by atoms with Crippen molar-refractivity contribution in [1.29, 1.82) is 0 Å². The van der Waals surface area contributed by atoms with Gasteiger partial charge < -0.3 is 4.98 Å². The van der Waals surface area contributed by atoms with Gasteiger partial charge in [-0.3, -0.25) is 14.8 Å². The highest BCUT2D eigenvalue weighted by molar-refractivity contribution is 5.83. The van der Waals surface area contributed by atoms with E-state index in [1.165, 1.54) is 0 Å².